The number of carbonyl (C=O) groups excluding carboxylic acids is 1. The number of aromatic nitrogens is 2. The zero-order chi connectivity index (χ0) is 13.7. The van der Waals surface area contributed by atoms with Gasteiger partial charge in [0.2, 0.25) is 5.91 Å². The molecule has 0 radical (unpaired) electrons. The Morgan fingerprint density at radius 1 is 1.60 bits per heavy atom. The molecule has 0 saturated carbocycles. The summed E-state index contributed by atoms with van der Waals surface area (Å²) in [6, 6.07) is 1.85. The van der Waals surface area contributed by atoms with Crippen molar-refractivity contribution in [2.45, 2.75) is 32.9 Å². The Morgan fingerprint density at radius 3 is 3.00 bits per heavy atom. The average molecular weight is 303 g/mol. The van der Waals surface area contributed by atoms with Gasteiger partial charge in [0.15, 0.2) is 0 Å². The maximum atomic E-state index is 11.8. The molecule has 1 aromatic heterocycles. The Kier molecular flexibility index (Phi) is 6.98. The number of hydrogen-bond donors (Lipinski definition) is 2. The summed E-state index contributed by atoms with van der Waals surface area (Å²) in [4.78, 5) is 11.8. The predicted molar refractivity (Wildman–Crippen MR) is 79.2 cm³/mol. The van der Waals surface area contributed by atoms with Crippen LogP contribution in [-0.2, 0) is 16.1 Å². The fraction of sp³-hybridized carbons (Fsp3) is 0.692. The Balaban J connectivity index is 0.00000200. The van der Waals surface area contributed by atoms with E-state index in [0.29, 0.717) is 19.8 Å². The maximum absolute atomic E-state index is 11.8. The summed E-state index contributed by atoms with van der Waals surface area (Å²) in [6.45, 7) is 7.40. The van der Waals surface area contributed by atoms with Gasteiger partial charge in [0.1, 0.15) is 6.04 Å². The number of nitrogens with one attached hydrogen (secondary N) is 2. The highest BCUT2D eigenvalue weighted by atomic mass is 35.5. The van der Waals surface area contributed by atoms with Gasteiger partial charge in [-0.15, -0.1) is 12.4 Å². The Labute approximate surface area is 125 Å². The van der Waals surface area contributed by atoms with Crippen LogP contribution in [0.25, 0.3) is 0 Å². The van der Waals surface area contributed by atoms with E-state index in [9.17, 15) is 4.79 Å². The maximum Gasteiger partial charge on any atom is 0.239 e. The SMILES string of the molecule is Cc1cc(C)n(CCCNC(=O)C2COCCN2)n1.Cl. The van der Waals surface area contributed by atoms with Crippen molar-refractivity contribution in [3.8, 4) is 0 Å². The fourth-order valence-corrected chi connectivity index (χ4v) is 2.20. The van der Waals surface area contributed by atoms with Gasteiger partial charge in [-0.1, -0.05) is 0 Å². The zero-order valence-corrected chi connectivity index (χ0v) is 12.8. The number of aryl methyl sites for hydroxylation is 3. The topological polar surface area (TPSA) is 68.2 Å². The molecule has 1 saturated heterocycles. The molecule has 1 aliphatic heterocycles. The first-order valence-electron chi connectivity index (χ1n) is 6.76. The van der Waals surface area contributed by atoms with Crippen LogP contribution in [0.3, 0.4) is 0 Å². The second-order valence-electron chi connectivity index (χ2n) is 4.88. The summed E-state index contributed by atoms with van der Waals surface area (Å²) in [5.41, 5.74) is 2.19. The Morgan fingerprint density at radius 2 is 2.40 bits per heavy atom. The number of hydrogen-bond acceptors (Lipinski definition) is 4. The number of amides is 1. The summed E-state index contributed by atoms with van der Waals surface area (Å²) in [5, 5.41) is 10.4. The lowest BCUT2D eigenvalue weighted by molar-refractivity contribution is -0.125. The highest BCUT2D eigenvalue weighted by molar-refractivity contribution is 5.85. The van der Waals surface area contributed by atoms with E-state index in [1.165, 1.54) is 0 Å². The van der Waals surface area contributed by atoms with E-state index in [4.69, 9.17) is 4.74 Å². The van der Waals surface area contributed by atoms with Gasteiger partial charge < -0.3 is 15.4 Å². The van der Waals surface area contributed by atoms with Crippen molar-refractivity contribution < 1.29 is 9.53 Å². The van der Waals surface area contributed by atoms with E-state index in [0.717, 1.165) is 30.9 Å². The molecule has 1 amide bonds. The average Bonchev–Trinajstić information content (AvgIpc) is 2.74. The number of rotatable bonds is 5. The third-order valence-corrected chi connectivity index (χ3v) is 3.19. The summed E-state index contributed by atoms with van der Waals surface area (Å²) in [5.74, 6) is 0.0214. The quantitative estimate of drug-likeness (QED) is 0.774. The summed E-state index contributed by atoms with van der Waals surface area (Å²) < 4.78 is 7.24. The Bertz CT molecular complexity index is 430. The number of halogens is 1. The molecule has 2 heterocycles. The van der Waals surface area contributed by atoms with Crippen LogP contribution >= 0.6 is 12.4 Å². The van der Waals surface area contributed by atoms with Crippen molar-refractivity contribution in [1.29, 1.82) is 0 Å². The van der Waals surface area contributed by atoms with Crippen molar-refractivity contribution >= 4 is 18.3 Å². The molecular weight excluding hydrogens is 280 g/mol. The molecule has 1 aromatic rings. The first-order valence-corrected chi connectivity index (χ1v) is 6.76. The van der Waals surface area contributed by atoms with Crippen molar-refractivity contribution in [1.82, 2.24) is 20.4 Å². The third kappa shape index (κ3) is 4.77. The van der Waals surface area contributed by atoms with Gasteiger partial charge >= 0.3 is 0 Å². The van der Waals surface area contributed by atoms with Crippen LogP contribution in [0.2, 0.25) is 0 Å². The molecule has 6 nitrogen and oxygen atoms in total. The molecule has 1 atom stereocenters. The first kappa shape index (κ1) is 16.9. The lowest BCUT2D eigenvalue weighted by atomic mass is 10.2. The second-order valence-corrected chi connectivity index (χ2v) is 4.88. The van der Waals surface area contributed by atoms with E-state index < -0.39 is 0 Å². The highest BCUT2D eigenvalue weighted by Crippen LogP contribution is 2.02. The van der Waals surface area contributed by atoms with E-state index in [-0.39, 0.29) is 24.4 Å². The molecule has 7 heteroatoms. The van der Waals surface area contributed by atoms with Gasteiger partial charge in [0, 0.05) is 25.3 Å². The highest BCUT2D eigenvalue weighted by Gasteiger charge is 2.20. The summed E-state index contributed by atoms with van der Waals surface area (Å²) in [6.07, 6.45) is 0.876. The zero-order valence-electron chi connectivity index (χ0n) is 12.0. The lowest BCUT2D eigenvalue weighted by Crippen LogP contribution is -2.51. The van der Waals surface area contributed by atoms with E-state index in [2.05, 4.69) is 21.8 Å². The number of morpholine rings is 1. The molecule has 1 unspecified atom stereocenters. The monoisotopic (exact) mass is 302 g/mol. The molecule has 2 N–H and O–H groups in total. The normalized spacial score (nSPS) is 18.4. The molecule has 20 heavy (non-hydrogen) atoms. The summed E-state index contributed by atoms with van der Waals surface area (Å²) in [7, 11) is 0. The van der Waals surface area contributed by atoms with Gasteiger partial charge in [-0.25, -0.2) is 0 Å². The molecule has 0 spiro atoms. The molecule has 1 fully saturated rings. The fourth-order valence-electron chi connectivity index (χ4n) is 2.20. The van der Waals surface area contributed by atoms with Crippen LogP contribution in [0.1, 0.15) is 17.8 Å². The molecule has 0 bridgehead atoms. The van der Waals surface area contributed by atoms with Crippen molar-refractivity contribution in [2.75, 3.05) is 26.3 Å². The van der Waals surface area contributed by atoms with E-state index in [1.54, 1.807) is 0 Å². The van der Waals surface area contributed by atoms with Crippen LogP contribution < -0.4 is 10.6 Å². The molecule has 2 rings (SSSR count). The number of ether oxygens (including phenoxy) is 1. The molecule has 1 aliphatic rings. The lowest BCUT2D eigenvalue weighted by Gasteiger charge is -2.22. The molecule has 0 aliphatic carbocycles. The largest absolute Gasteiger partial charge is 0.378 e. The molecule has 0 aromatic carbocycles. The van der Waals surface area contributed by atoms with Crippen LogP contribution in [0, 0.1) is 13.8 Å². The molecule has 114 valence electrons. The Hall–Kier alpha value is -1.11. The minimum Gasteiger partial charge on any atom is -0.378 e. The van der Waals surface area contributed by atoms with Gasteiger partial charge in [-0.2, -0.15) is 5.10 Å². The molecular formula is C13H23ClN4O2. The van der Waals surface area contributed by atoms with E-state index in [1.807, 2.05) is 18.5 Å². The van der Waals surface area contributed by atoms with Crippen molar-refractivity contribution in [3.63, 3.8) is 0 Å². The minimum atomic E-state index is -0.206. The van der Waals surface area contributed by atoms with Crippen LogP contribution in [0.15, 0.2) is 6.07 Å². The minimum absolute atomic E-state index is 0. The second kappa shape index (κ2) is 8.24. The van der Waals surface area contributed by atoms with Crippen LogP contribution in [-0.4, -0.2) is 48.0 Å². The van der Waals surface area contributed by atoms with Crippen LogP contribution in [0.5, 0.6) is 0 Å². The van der Waals surface area contributed by atoms with Crippen molar-refractivity contribution in [2.24, 2.45) is 0 Å². The van der Waals surface area contributed by atoms with Crippen molar-refractivity contribution in [3.05, 3.63) is 17.5 Å². The predicted octanol–water partition coefficient (Wildman–Crippen LogP) is 0.416. The van der Waals surface area contributed by atoms with Gasteiger partial charge in [0.25, 0.3) is 0 Å². The standard InChI is InChI=1S/C13H22N4O2.ClH/c1-10-8-11(2)17(16-10)6-3-4-15-13(18)12-9-19-7-5-14-12;/h8,12,14H,3-7,9H2,1-2H3,(H,15,18);1H. The van der Waals surface area contributed by atoms with Crippen LogP contribution in [0.4, 0.5) is 0 Å². The van der Waals surface area contributed by atoms with Gasteiger partial charge in [-0.05, 0) is 26.3 Å². The first-order chi connectivity index (χ1) is 9.16. The third-order valence-electron chi connectivity index (χ3n) is 3.19. The van der Waals surface area contributed by atoms with Gasteiger partial charge in [-0.3, -0.25) is 9.48 Å². The number of nitrogens with zero attached hydrogens (tertiary/aromatic N) is 2. The van der Waals surface area contributed by atoms with E-state index >= 15 is 0 Å². The smallest absolute Gasteiger partial charge is 0.239 e. The summed E-state index contributed by atoms with van der Waals surface area (Å²) >= 11 is 0. The number of carbonyl (C=O) groups is 1. The van der Waals surface area contributed by atoms with Gasteiger partial charge in [0.05, 0.1) is 18.9 Å².